The van der Waals surface area contributed by atoms with Gasteiger partial charge in [0.25, 0.3) is 0 Å². The number of aryl methyl sites for hydroxylation is 2. The molecule has 1 aliphatic rings. The van der Waals surface area contributed by atoms with Gasteiger partial charge in [-0.15, -0.1) is 0 Å². The van der Waals surface area contributed by atoms with E-state index in [1.807, 2.05) is 19.9 Å². The van der Waals surface area contributed by atoms with E-state index in [2.05, 4.69) is 0 Å². The summed E-state index contributed by atoms with van der Waals surface area (Å²) in [6.07, 6.45) is 3.05. The van der Waals surface area contributed by atoms with Crippen molar-refractivity contribution in [2.24, 2.45) is 5.92 Å². The van der Waals surface area contributed by atoms with Gasteiger partial charge in [0.05, 0.1) is 12.4 Å². The second-order valence-corrected chi connectivity index (χ2v) is 7.73. The Morgan fingerprint density at radius 3 is 2.75 bits per heavy atom. The Morgan fingerprint density at radius 2 is 2.20 bits per heavy atom. The van der Waals surface area contributed by atoms with Crippen LogP contribution in [0.3, 0.4) is 0 Å². The summed E-state index contributed by atoms with van der Waals surface area (Å²) in [7, 11) is -3.13. The quantitative estimate of drug-likeness (QED) is 0.923. The molecule has 6 heteroatoms. The van der Waals surface area contributed by atoms with Crippen LogP contribution in [0, 0.1) is 19.8 Å². The van der Waals surface area contributed by atoms with E-state index in [-0.39, 0.29) is 5.92 Å². The van der Waals surface area contributed by atoms with Gasteiger partial charge in [0.15, 0.2) is 0 Å². The molecule has 0 radical (unpaired) electrons. The van der Waals surface area contributed by atoms with Crippen molar-refractivity contribution in [2.45, 2.75) is 39.2 Å². The molecule has 1 aromatic heterocycles. The third-order valence-electron chi connectivity index (χ3n) is 3.95. The molecule has 0 spiro atoms. The fraction of sp³-hybridized carbons (Fsp3) is 0.714. The van der Waals surface area contributed by atoms with Crippen LogP contribution in [0.25, 0.3) is 0 Å². The van der Waals surface area contributed by atoms with E-state index in [0.29, 0.717) is 19.5 Å². The number of aliphatic hydroxyl groups excluding tert-OH is 1. The molecule has 1 aliphatic heterocycles. The van der Waals surface area contributed by atoms with Crippen LogP contribution in [0.4, 0.5) is 0 Å². The van der Waals surface area contributed by atoms with Crippen LogP contribution >= 0.6 is 0 Å². The average molecular weight is 301 g/mol. The molecule has 114 valence electrons. The predicted octanol–water partition coefficient (Wildman–Crippen LogP) is 1.99. The minimum absolute atomic E-state index is 0.197. The largest absolute Gasteiger partial charge is 0.466 e. The third-order valence-corrected chi connectivity index (χ3v) is 5.22. The van der Waals surface area contributed by atoms with E-state index in [4.69, 9.17) is 4.42 Å². The maximum atomic E-state index is 11.6. The average Bonchev–Trinajstić information content (AvgIpc) is 2.68. The van der Waals surface area contributed by atoms with Crippen molar-refractivity contribution in [2.75, 3.05) is 19.3 Å². The zero-order valence-electron chi connectivity index (χ0n) is 12.3. The number of hydrogen-bond acceptors (Lipinski definition) is 4. The molecule has 2 unspecified atom stereocenters. The van der Waals surface area contributed by atoms with Gasteiger partial charge in [-0.25, -0.2) is 12.7 Å². The lowest BCUT2D eigenvalue weighted by Gasteiger charge is -2.31. The van der Waals surface area contributed by atoms with Crippen LogP contribution in [-0.2, 0) is 10.0 Å². The van der Waals surface area contributed by atoms with E-state index in [0.717, 1.165) is 29.9 Å². The van der Waals surface area contributed by atoms with Gasteiger partial charge < -0.3 is 9.52 Å². The van der Waals surface area contributed by atoms with Gasteiger partial charge in [-0.3, -0.25) is 0 Å². The molecule has 5 nitrogen and oxygen atoms in total. The number of nitrogens with zero attached hydrogens (tertiary/aromatic N) is 1. The van der Waals surface area contributed by atoms with Crippen LogP contribution in [0.15, 0.2) is 10.5 Å². The van der Waals surface area contributed by atoms with Crippen LogP contribution in [0.5, 0.6) is 0 Å². The highest BCUT2D eigenvalue weighted by atomic mass is 32.2. The fourth-order valence-electron chi connectivity index (χ4n) is 2.94. The van der Waals surface area contributed by atoms with Gasteiger partial charge in [0, 0.05) is 18.7 Å². The lowest BCUT2D eigenvalue weighted by molar-refractivity contribution is 0.121. The summed E-state index contributed by atoms with van der Waals surface area (Å²) in [5, 5.41) is 10.3. The van der Waals surface area contributed by atoms with Crippen molar-refractivity contribution in [3.05, 3.63) is 23.2 Å². The number of aliphatic hydroxyl groups is 1. The minimum atomic E-state index is -3.13. The number of furan rings is 1. The summed E-state index contributed by atoms with van der Waals surface area (Å²) in [6, 6.07) is 1.86. The summed E-state index contributed by atoms with van der Waals surface area (Å²) >= 11 is 0. The number of sulfonamides is 1. The van der Waals surface area contributed by atoms with Crippen LogP contribution in [-0.4, -0.2) is 37.2 Å². The molecule has 1 saturated heterocycles. The molecule has 20 heavy (non-hydrogen) atoms. The molecular formula is C14H23NO4S. The minimum Gasteiger partial charge on any atom is -0.466 e. The first-order valence-corrected chi connectivity index (χ1v) is 8.82. The van der Waals surface area contributed by atoms with Gasteiger partial charge in [-0.1, -0.05) is 0 Å². The third kappa shape index (κ3) is 3.62. The van der Waals surface area contributed by atoms with Gasteiger partial charge in [0.1, 0.15) is 11.5 Å². The van der Waals surface area contributed by atoms with Crippen molar-refractivity contribution >= 4 is 10.0 Å². The summed E-state index contributed by atoms with van der Waals surface area (Å²) < 4.78 is 30.1. The molecule has 1 N–H and O–H groups in total. The molecule has 0 saturated carbocycles. The number of rotatable bonds is 4. The van der Waals surface area contributed by atoms with Gasteiger partial charge in [-0.2, -0.15) is 0 Å². The fourth-order valence-corrected chi connectivity index (χ4v) is 3.89. The van der Waals surface area contributed by atoms with Crippen molar-refractivity contribution < 1.29 is 17.9 Å². The monoisotopic (exact) mass is 301 g/mol. The Labute approximate surface area is 120 Å². The SMILES string of the molecule is Cc1cc(C(O)CC2CCCN(S(C)(=O)=O)C2)c(C)o1. The highest BCUT2D eigenvalue weighted by molar-refractivity contribution is 7.88. The maximum absolute atomic E-state index is 11.6. The molecular weight excluding hydrogens is 278 g/mol. The van der Waals surface area contributed by atoms with Crippen molar-refractivity contribution in [3.63, 3.8) is 0 Å². The second kappa shape index (κ2) is 5.87. The van der Waals surface area contributed by atoms with Gasteiger partial charge >= 0.3 is 0 Å². The highest BCUT2D eigenvalue weighted by Crippen LogP contribution is 2.31. The Kier molecular flexibility index (Phi) is 4.56. The predicted molar refractivity (Wildman–Crippen MR) is 76.9 cm³/mol. The smallest absolute Gasteiger partial charge is 0.211 e. The summed E-state index contributed by atoms with van der Waals surface area (Å²) in [6.45, 7) is 4.80. The van der Waals surface area contributed by atoms with Crippen LogP contribution in [0.2, 0.25) is 0 Å². The van der Waals surface area contributed by atoms with E-state index in [1.54, 1.807) is 0 Å². The first kappa shape index (κ1) is 15.5. The highest BCUT2D eigenvalue weighted by Gasteiger charge is 2.28. The Balaban J connectivity index is 2.01. The molecule has 2 atom stereocenters. The first-order valence-electron chi connectivity index (χ1n) is 6.97. The Hall–Kier alpha value is -0.850. The zero-order chi connectivity index (χ0) is 14.9. The van der Waals surface area contributed by atoms with E-state index >= 15 is 0 Å². The molecule has 0 aliphatic carbocycles. The van der Waals surface area contributed by atoms with E-state index in [1.165, 1.54) is 10.6 Å². The normalized spacial score (nSPS) is 22.9. The maximum Gasteiger partial charge on any atom is 0.211 e. The molecule has 0 aromatic carbocycles. The first-order chi connectivity index (χ1) is 9.27. The Morgan fingerprint density at radius 1 is 1.50 bits per heavy atom. The molecule has 0 amide bonds. The molecule has 2 rings (SSSR count). The molecule has 1 fully saturated rings. The molecule has 1 aromatic rings. The van der Waals surface area contributed by atoms with Crippen LogP contribution in [0.1, 0.15) is 42.5 Å². The standard InChI is InChI=1S/C14H23NO4S/c1-10-7-13(11(2)19-10)14(16)8-12-5-4-6-15(9-12)20(3,17)18/h7,12,14,16H,4-6,8-9H2,1-3H3. The van der Waals surface area contributed by atoms with E-state index in [9.17, 15) is 13.5 Å². The van der Waals surface area contributed by atoms with Crippen LogP contribution < -0.4 is 0 Å². The molecule has 2 heterocycles. The van der Waals surface area contributed by atoms with Crippen molar-refractivity contribution in [1.82, 2.24) is 4.31 Å². The zero-order valence-corrected chi connectivity index (χ0v) is 13.1. The lowest BCUT2D eigenvalue weighted by atomic mass is 9.91. The number of piperidine rings is 1. The summed E-state index contributed by atoms with van der Waals surface area (Å²) in [4.78, 5) is 0. The van der Waals surface area contributed by atoms with Gasteiger partial charge in [0.2, 0.25) is 10.0 Å². The molecule has 0 bridgehead atoms. The van der Waals surface area contributed by atoms with Gasteiger partial charge in [-0.05, 0) is 45.1 Å². The second-order valence-electron chi connectivity index (χ2n) is 5.75. The summed E-state index contributed by atoms with van der Waals surface area (Å²) in [5.74, 6) is 1.73. The van der Waals surface area contributed by atoms with Crippen molar-refractivity contribution in [3.8, 4) is 0 Å². The summed E-state index contributed by atoms with van der Waals surface area (Å²) in [5.41, 5.74) is 0.818. The number of hydrogen-bond donors (Lipinski definition) is 1. The van der Waals surface area contributed by atoms with E-state index < -0.39 is 16.1 Å². The van der Waals surface area contributed by atoms with Crippen molar-refractivity contribution in [1.29, 1.82) is 0 Å². The Bertz CT molecular complexity index is 564. The topological polar surface area (TPSA) is 70.8 Å². The lowest BCUT2D eigenvalue weighted by Crippen LogP contribution is -2.39.